The molecule has 2 aromatic heterocycles. The fourth-order valence-corrected chi connectivity index (χ4v) is 6.57. The molecule has 1 aliphatic carbocycles. The number of hydrogen-bond acceptors (Lipinski definition) is 6. The van der Waals surface area contributed by atoms with Crippen LogP contribution in [0.3, 0.4) is 0 Å². The molecule has 1 N–H and O–H groups in total. The summed E-state index contributed by atoms with van der Waals surface area (Å²) in [4.78, 5) is 34.3. The molecule has 4 heterocycles. The highest BCUT2D eigenvalue weighted by Gasteiger charge is 2.48. The van der Waals surface area contributed by atoms with Crippen LogP contribution in [-0.2, 0) is 9.53 Å². The Kier molecular flexibility index (Phi) is 6.62. The quantitative estimate of drug-likeness (QED) is 0.449. The molecule has 1 aromatic carbocycles. The number of hydrogen-bond donors (Lipinski definition) is 1. The molecule has 1 saturated carbocycles. The highest BCUT2D eigenvalue weighted by molar-refractivity contribution is 5.89. The van der Waals surface area contributed by atoms with Crippen LogP contribution in [0, 0.1) is 29.4 Å². The number of nitrogens with one attached hydrogen (secondary N) is 1. The number of urea groups is 1. The zero-order valence-electron chi connectivity index (χ0n) is 22.9. The van der Waals surface area contributed by atoms with Gasteiger partial charge in [0.2, 0.25) is 0 Å². The third-order valence-corrected chi connectivity index (χ3v) is 8.25. The number of likely N-dealkylation sites (tertiary alicyclic amines) is 1. The molecule has 3 aromatic rings. The van der Waals surface area contributed by atoms with Gasteiger partial charge < -0.3 is 14.5 Å². The van der Waals surface area contributed by atoms with E-state index in [4.69, 9.17) is 9.84 Å². The van der Waals surface area contributed by atoms with Gasteiger partial charge in [-0.3, -0.25) is 10.1 Å². The lowest BCUT2D eigenvalue weighted by Gasteiger charge is -2.37. The lowest BCUT2D eigenvalue weighted by atomic mass is 9.85. The largest absolute Gasteiger partial charge is 0.460 e. The van der Waals surface area contributed by atoms with E-state index in [2.05, 4.69) is 10.3 Å². The molecule has 3 atom stereocenters. The Labute approximate surface area is 231 Å². The van der Waals surface area contributed by atoms with Crippen LogP contribution in [0.1, 0.15) is 58.1 Å². The maximum atomic E-state index is 14.6. The van der Waals surface area contributed by atoms with Crippen molar-refractivity contribution < 1.29 is 23.1 Å². The normalized spacial score (nSPS) is 24.5. The number of benzene rings is 1. The number of imidazole rings is 1. The fraction of sp³-hybridized carbons (Fsp3) is 0.517. The van der Waals surface area contributed by atoms with Crippen molar-refractivity contribution in [2.24, 2.45) is 17.8 Å². The number of piperidine rings is 1. The van der Waals surface area contributed by atoms with Crippen LogP contribution in [0.15, 0.2) is 36.5 Å². The third kappa shape index (κ3) is 4.97. The number of esters is 1. The van der Waals surface area contributed by atoms with E-state index < -0.39 is 17.2 Å². The summed E-state index contributed by atoms with van der Waals surface area (Å²) in [5.74, 6) is -0.131. The predicted molar refractivity (Wildman–Crippen MR) is 145 cm³/mol. The zero-order valence-corrected chi connectivity index (χ0v) is 22.9. The number of carbonyl (C=O) groups excluding carboxylic acids is 2. The topological polar surface area (TPSA) is 92.1 Å². The number of anilines is 2. The first-order valence-corrected chi connectivity index (χ1v) is 13.9. The molecule has 40 heavy (non-hydrogen) atoms. The number of rotatable bonds is 4. The number of aromatic nitrogens is 3. The van der Waals surface area contributed by atoms with E-state index in [9.17, 15) is 18.4 Å². The molecule has 2 bridgehead atoms. The number of fused-ring (bicyclic) bond motifs is 3. The van der Waals surface area contributed by atoms with Gasteiger partial charge in [0, 0.05) is 25.2 Å². The van der Waals surface area contributed by atoms with E-state index in [1.54, 1.807) is 21.7 Å². The standard InChI is InChI=1S/C29H34F2N6O3/c1-29(2,3)40-27(38)26-17-6-7-18(26)16-35(15-17)28(39)33-25-14-32-23-10-11-24(34-37(23)25)36-12-4-5-22(36)20-13-19(30)8-9-21(20)31/h8-11,13-14,17-18,22,26H,4-7,12,15-16H2,1-3H3,(H,33,39)/t17?,18?,22-,26?/m1/s1. The fourth-order valence-electron chi connectivity index (χ4n) is 6.57. The van der Waals surface area contributed by atoms with Crippen LogP contribution in [-0.4, -0.2) is 56.7 Å². The summed E-state index contributed by atoms with van der Waals surface area (Å²) in [6.07, 6.45) is 4.83. The van der Waals surface area contributed by atoms with Crippen LogP contribution in [0.4, 0.5) is 25.2 Å². The lowest BCUT2D eigenvalue weighted by molar-refractivity contribution is -0.164. The summed E-state index contributed by atoms with van der Waals surface area (Å²) in [5, 5.41) is 7.67. The second-order valence-corrected chi connectivity index (χ2v) is 12.1. The highest BCUT2D eigenvalue weighted by atomic mass is 19.1. The lowest BCUT2D eigenvalue weighted by Crippen LogP contribution is -2.49. The average Bonchev–Trinajstić information content (AvgIpc) is 3.60. The van der Waals surface area contributed by atoms with Gasteiger partial charge in [0.25, 0.3) is 0 Å². The van der Waals surface area contributed by atoms with Crippen molar-refractivity contribution in [2.45, 2.75) is 58.1 Å². The van der Waals surface area contributed by atoms with E-state index in [0.717, 1.165) is 31.4 Å². The van der Waals surface area contributed by atoms with Crippen molar-refractivity contribution in [3.63, 3.8) is 0 Å². The molecule has 2 aliphatic heterocycles. The van der Waals surface area contributed by atoms with Crippen LogP contribution in [0.25, 0.3) is 5.65 Å². The minimum absolute atomic E-state index is 0.0709. The number of nitrogens with zero attached hydrogens (tertiary/aromatic N) is 5. The van der Waals surface area contributed by atoms with Crippen LogP contribution < -0.4 is 10.2 Å². The second kappa shape index (κ2) is 10.0. The van der Waals surface area contributed by atoms with Crippen molar-refractivity contribution in [3.8, 4) is 0 Å². The molecule has 9 nitrogen and oxygen atoms in total. The summed E-state index contributed by atoms with van der Waals surface area (Å²) < 4.78 is 35.7. The first kappa shape index (κ1) is 26.5. The van der Waals surface area contributed by atoms with Crippen molar-refractivity contribution >= 4 is 29.3 Å². The molecule has 212 valence electrons. The summed E-state index contributed by atoms with van der Waals surface area (Å²) in [7, 11) is 0. The Balaban J connectivity index is 1.18. The minimum atomic E-state index is -0.541. The summed E-state index contributed by atoms with van der Waals surface area (Å²) in [6.45, 7) is 7.22. The Bertz CT molecular complexity index is 1440. The van der Waals surface area contributed by atoms with Crippen LogP contribution in [0.5, 0.6) is 0 Å². The Hall–Kier alpha value is -3.76. The number of ether oxygens (including phenoxy) is 1. The monoisotopic (exact) mass is 552 g/mol. The van der Waals surface area contributed by atoms with Crippen molar-refractivity contribution in [1.82, 2.24) is 19.5 Å². The Morgan fingerprint density at radius 2 is 1.80 bits per heavy atom. The molecule has 3 aliphatic rings. The van der Waals surface area contributed by atoms with Gasteiger partial charge in [0.1, 0.15) is 23.1 Å². The van der Waals surface area contributed by atoms with E-state index in [-0.39, 0.29) is 35.8 Å². The average molecular weight is 553 g/mol. The van der Waals surface area contributed by atoms with Crippen molar-refractivity contribution in [1.29, 1.82) is 0 Å². The first-order valence-electron chi connectivity index (χ1n) is 13.9. The molecular formula is C29H34F2N6O3. The van der Waals surface area contributed by atoms with E-state index in [1.165, 1.54) is 6.07 Å². The maximum Gasteiger partial charge on any atom is 0.323 e. The SMILES string of the molecule is CC(C)(C)OC(=O)C1C2CCC1CN(C(=O)Nc1cnc3ccc(N4CCC[C@@H]4c4cc(F)ccc4F)nn13)C2. The Morgan fingerprint density at radius 3 is 2.52 bits per heavy atom. The van der Waals surface area contributed by atoms with E-state index in [0.29, 0.717) is 48.9 Å². The van der Waals surface area contributed by atoms with Crippen LogP contribution >= 0.6 is 0 Å². The molecule has 2 saturated heterocycles. The minimum Gasteiger partial charge on any atom is -0.460 e. The smallest absolute Gasteiger partial charge is 0.323 e. The molecule has 6 rings (SSSR count). The van der Waals surface area contributed by atoms with Gasteiger partial charge in [-0.25, -0.2) is 18.6 Å². The van der Waals surface area contributed by atoms with E-state index in [1.807, 2.05) is 31.7 Å². The summed E-state index contributed by atoms with van der Waals surface area (Å²) in [5.41, 5.74) is 0.318. The molecule has 3 fully saturated rings. The van der Waals surface area contributed by atoms with Gasteiger partial charge in [-0.15, -0.1) is 5.10 Å². The summed E-state index contributed by atoms with van der Waals surface area (Å²) in [6, 6.07) is 6.51. The van der Waals surface area contributed by atoms with Gasteiger partial charge in [-0.1, -0.05) is 0 Å². The van der Waals surface area contributed by atoms with Crippen molar-refractivity contribution in [2.75, 3.05) is 29.9 Å². The Morgan fingerprint density at radius 1 is 1.05 bits per heavy atom. The van der Waals surface area contributed by atoms with Crippen molar-refractivity contribution in [3.05, 3.63) is 53.7 Å². The molecule has 0 spiro atoms. The highest BCUT2D eigenvalue weighted by Crippen LogP contribution is 2.43. The second-order valence-electron chi connectivity index (χ2n) is 12.1. The molecule has 11 heteroatoms. The van der Waals surface area contributed by atoms with Gasteiger partial charge in [-0.2, -0.15) is 4.52 Å². The number of carbonyl (C=O) groups is 2. The van der Waals surface area contributed by atoms with Gasteiger partial charge in [0.15, 0.2) is 11.5 Å². The summed E-state index contributed by atoms with van der Waals surface area (Å²) >= 11 is 0. The first-order chi connectivity index (χ1) is 19.1. The number of halogens is 2. The van der Waals surface area contributed by atoms with Gasteiger partial charge >= 0.3 is 12.0 Å². The van der Waals surface area contributed by atoms with Gasteiger partial charge in [-0.05, 0) is 88.6 Å². The molecular weight excluding hydrogens is 518 g/mol. The zero-order chi connectivity index (χ0) is 28.2. The maximum absolute atomic E-state index is 14.6. The van der Waals surface area contributed by atoms with Gasteiger partial charge in [0.05, 0.1) is 18.2 Å². The number of amides is 2. The van der Waals surface area contributed by atoms with Crippen LogP contribution in [0.2, 0.25) is 0 Å². The third-order valence-electron chi connectivity index (χ3n) is 8.25. The molecule has 2 amide bonds. The van der Waals surface area contributed by atoms with E-state index >= 15 is 0 Å². The molecule has 0 radical (unpaired) electrons. The molecule has 2 unspecified atom stereocenters. The predicted octanol–water partition coefficient (Wildman–Crippen LogP) is 5.18.